The number of aromatic nitrogens is 2. The molecule has 4 rings (SSSR count). The number of fused-ring (bicyclic) bond motifs is 1. The Kier molecular flexibility index (Phi) is 7.08. The van der Waals surface area contributed by atoms with Crippen LogP contribution in [0.4, 0.5) is 5.69 Å². The van der Waals surface area contributed by atoms with Gasteiger partial charge >= 0.3 is 0 Å². The molecular formula is C25H21Cl2N3O2S. The number of thioether (sulfide) groups is 1. The number of hydrogen-bond donors (Lipinski definition) is 1. The number of amides is 1. The van der Waals surface area contributed by atoms with Crippen molar-refractivity contribution < 1.29 is 4.79 Å². The van der Waals surface area contributed by atoms with Gasteiger partial charge in [-0.3, -0.25) is 14.2 Å². The van der Waals surface area contributed by atoms with Crippen molar-refractivity contribution in [1.82, 2.24) is 9.55 Å². The largest absolute Gasteiger partial charge is 0.325 e. The third-order valence-electron chi connectivity index (χ3n) is 5.13. The van der Waals surface area contributed by atoms with Crippen molar-refractivity contribution in [2.24, 2.45) is 0 Å². The summed E-state index contributed by atoms with van der Waals surface area (Å²) in [4.78, 5) is 31.0. The number of para-hydroxylation sites is 1. The molecular weight excluding hydrogens is 477 g/mol. The molecule has 1 N–H and O–H groups in total. The number of rotatable bonds is 6. The van der Waals surface area contributed by atoms with Gasteiger partial charge in [-0.2, -0.15) is 0 Å². The number of halogens is 2. The lowest BCUT2D eigenvalue weighted by Gasteiger charge is -2.17. The van der Waals surface area contributed by atoms with Crippen molar-refractivity contribution in [3.05, 3.63) is 92.7 Å². The lowest BCUT2D eigenvalue weighted by molar-refractivity contribution is -0.115. The lowest BCUT2D eigenvalue weighted by atomic mass is 10.1. The van der Waals surface area contributed by atoms with E-state index < -0.39 is 5.25 Å². The fourth-order valence-electron chi connectivity index (χ4n) is 3.38. The standard InChI is InChI=1S/C25H21Cl2N3O2S/c1-3-16-8-10-20(11-9-16)30-24(32)21-6-4-5-7-22(21)29-25(30)33-15(2)23(31)28-19-13-17(26)12-18(27)14-19/h4-15H,3H2,1-2H3,(H,28,31). The number of anilines is 1. The molecule has 3 aromatic carbocycles. The number of benzene rings is 3. The van der Waals surface area contributed by atoms with Gasteiger partial charge in [0.1, 0.15) is 0 Å². The molecule has 0 aliphatic rings. The van der Waals surface area contributed by atoms with Crippen LogP contribution in [-0.2, 0) is 11.2 Å². The monoisotopic (exact) mass is 497 g/mol. The van der Waals surface area contributed by atoms with E-state index in [0.29, 0.717) is 37.5 Å². The average molecular weight is 498 g/mol. The summed E-state index contributed by atoms with van der Waals surface area (Å²) in [6.07, 6.45) is 0.900. The molecule has 0 fully saturated rings. The van der Waals surface area contributed by atoms with Crippen molar-refractivity contribution in [1.29, 1.82) is 0 Å². The zero-order valence-electron chi connectivity index (χ0n) is 18.0. The van der Waals surface area contributed by atoms with Crippen molar-refractivity contribution in [3.63, 3.8) is 0 Å². The number of carbonyl (C=O) groups excluding carboxylic acids is 1. The van der Waals surface area contributed by atoms with Gasteiger partial charge in [0.25, 0.3) is 5.56 Å². The van der Waals surface area contributed by atoms with Crippen LogP contribution in [-0.4, -0.2) is 20.7 Å². The molecule has 0 aliphatic carbocycles. The Morgan fingerprint density at radius 2 is 1.73 bits per heavy atom. The molecule has 8 heteroatoms. The Morgan fingerprint density at radius 1 is 1.06 bits per heavy atom. The maximum atomic E-state index is 13.4. The van der Waals surface area contributed by atoms with E-state index in [9.17, 15) is 9.59 Å². The fourth-order valence-corrected chi connectivity index (χ4v) is 4.83. The highest BCUT2D eigenvalue weighted by atomic mass is 35.5. The topological polar surface area (TPSA) is 64.0 Å². The van der Waals surface area contributed by atoms with Gasteiger partial charge < -0.3 is 5.32 Å². The Balaban J connectivity index is 1.71. The van der Waals surface area contributed by atoms with Gasteiger partial charge in [-0.25, -0.2) is 4.98 Å². The zero-order valence-corrected chi connectivity index (χ0v) is 20.3. The molecule has 0 saturated carbocycles. The summed E-state index contributed by atoms with van der Waals surface area (Å²) in [5.41, 5.74) is 2.78. The normalized spacial score (nSPS) is 12.0. The number of hydrogen-bond acceptors (Lipinski definition) is 4. The summed E-state index contributed by atoms with van der Waals surface area (Å²) < 4.78 is 1.56. The smallest absolute Gasteiger partial charge is 0.266 e. The first-order chi connectivity index (χ1) is 15.9. The quantitative estimate of drug-likeness (QED) is 0.248. The second-order valence-corrected chi connectivity index (χ2v) is 9.66. The second kappa shape index (κ2) is 10.00. The summed E-state index contributed by atoms with van der Waals surface area (Å²) in [6, 6.07) is 19.8. The van der Waals surface area contributed by atoms with E-state index >= 15 is 0 Å². The highest BCUT2D eigenvalue weighted by Gasteiger charge is 2.20. The molecule has 1 unspecified atom stereocenters. The Hall–Kier alpha value is -2.80. The summed E-state index contributed by atoms with van der Waals surface area (Å²) in [5.74, 6) is -0.256. The minimum Gasteiger partial charge on any atom is -0.325 e. The van der Waals surface area contributed by atoms with Gasteiger partial charge in [0.05, 0.1) is 21.8 Å². The molecule has 5 nitrogen and oxygen atoms in total. The van der Waals surface area contributed by atoms with Crippen LogP contribution in [0.2, 0.25) is 10.0 Å². The van der Waals surface area contributed by atoms with Gasteiger partial charge in [-0.1, -0.05) is 66.2 Å². The maximum Gasteiger partial charge on any atom is 0.266 e. The van der Waals surface area contributed by atoms with Crippen LogP contribution in [0.25, 0.3) is 16.6 Å². The van der Waals surface area contributed by atoms with Crippen molar-refractivity contribution in [2.75, 3.05) is 5.32 Å². The maximum absolute atomic E-state index is 13.4. The van der Waals surface area contributed by atoms with Gasteiger partial charge in [-0.05, 0) is 61.4 Å². The predicted octanol–water partition coefficient (Wildman–Crippen LogP) is 6.37. The highest BCUT2D eigenvalue weighted by Crippen LogP contribution is 2.27. The summed E-state index contributed by atoms with van der Waals surface area (Å²) >= 11 is 13.3. The Morgan fingerprint density at radius 3 is 2.39 bits per heavy atom. The minimum absolute atomic E-state index is 0.179. The molecule has 0 spiro atoms. The molecule has 0 bridgehead atoms. The second-order valence-electron chi connectivity index (χ2n) is 7.48. The van der Waals surface area contributed by atoms with Crippen LogP contribution in [0.15, 0.2) is 76.7 Å². The average Bonchev–Trinajstić information content (AvgIpc) is 2.79. The van der Waals surface area contributed by atoms with E-state index in [-0.39, 0.29) is 11.5 Å². The first-order valence-corrected chi connectivity index (χ1v) is 12.0. The van der Waals surface area contributed by atoms with Crippen molar-refractivity contribution in [3.8, 4) is 5.69 Å². The number of nitrogens with zero attached hydrogens (tertiary/aromatic N) is 2. The van der Waals surface area contributed by atoms with E-state index in [0.717, 1.165) is 6.42 Å². The van der Waals surface area contributed by atoms with Gasteiger partial charge in [0, 0.05) is 15.7 Å². The number of carbonyl (C=O) groups is 1. The minimum atomic E-state index is -0.544. The van der Waals surface area contributed by atoms with Gasteiger partial charge in [0.2, 0.25) is 5.91 Å². The third kappa shape index (κ3) is 5.24. The Labute approximate surface area is 205 Å². The summed E-state index contributed by atoms with van der Waals surface area (Å²) in [6.45, 7) is 3.84. The molecule has 168 valence electrons. The SMILES string of the molecule is CCc1ccc(-n2c(SC(C)C(=O)Nc3cc(Cl)cc(Cl)c3)nc3ccccc3c2=O)cc1. The van der Waals surface area contributed by atoms with E-state index in [1.165, 1.54) is 17.3 Å². The summed E-state index contributed by atoms with van der Waals surface area (Å²) in [5, 5.41) is 4.10. The zero-order chi connectivity index (χ0) is 23.5. The molecule has 1 aromatic heterocycles. The molecule has 1 amide bonds. The van der Waals surface area contributed by atoms with E-state index in [1.54, 1.807) is 41.8 Å². The molecule has 33 heavy (non-hydrogen) atoms. The van der Waals surface area contributed by atoms with Gasteiger partial charge in [-0.15, -0.1) is 0 Å². The van der Waals surface area contributed by atoms with Crippen LogP contribution in [0.5, 0.6) is 0 Å². The van der Waals surface area contributed by atoms with Crippen LogP contribution in [0, 0.1) is 0 Å². The van der Waals surface area contributed by atoms with Crippen LogP contribution < -0.4 is 10.9 Å². The van der Waals surface area contributed by atoms with Crippen LogP contribution in [0.1, 0.15) is 19.4 Å². The van der Waals surface area contributed by atoms with Crippen molar-refractivity contribution in [2.45, 2.75) is 30.7 Å². The van der Waals surface area contributed by atoms with Crippen LogP contribution >= 0.6 is 35.0 Å². The van der Waals surface area contributed by atoms with Gasteiger partial charge in [0.15, 0.2) is 5.16 Å². The first-order valence-electron chi connectivity index (χ1n) is 10.4. The lowest BCUT2D eigenvalue weighted by Crippen LogP contribution is -2.26. The van der Waals surface area contributed by atoms with Crippen LogP contribution in [0.3, 0.4) is 0 Å². The highest BCUT2D eigenvalue weighted by molar-refractivity contribution is 8.00. The molecule has 4 aromatic rings. The molecule has 0 radical (unpaired) electrons. The fraction of sp³-hybridized carbons (Fsp3) is 0.160. The van der Waals surface area contributed by atoms with E-state index in [2.05, 4.69) is 12.2 Å². The summed E-state index contributed by atoms with van der Waals surface area (Å²) in [7, 11) is 0. The predicted molar refractivity (Wildman–Crippen MR) is 137 cm³/mol. The third-order valence-corrected chi connectivity index (χ3v) is 6.62. The molecule has 1 atom stereocenters. The van der Waals surface area contributed by atoms with E-state index in [4.69, 9.17) is 28.2 Å². The number of nitrogens with one attached hydrogen (secondary N) is 1. The Bertz CT molecular complexity index is 1370. The first kappa shape index (κ1) is 23.4. The molecule has 0 aliphatic heterocycles. The van der Waals surface area contributed by atoms with Crippen molar-refractivity contribution >= 4 is 57.5 Å². The molecule has 0 saturated heterocycles. The molecule has 1 heterocycles. The van der Waals surface area contributed by atoms with E-state index in [1.807, 2.05) is 36.4 Å². The number of aryl methyl sites for hydroxylation is 1.